The largest absolute Gasteiger partial charge is 0.310 e. The van der Waals surface area contributed by atoms with Crippen molar-refractivity contribution in [2.45, 2.75) is 27.7 Å². The Bertz CT molecular complexity index is 8730. The number of rotatable bonds is 20. The third-order valence-corrected chi connectivity index (χ3v) is 27.8. The van der Waals surface area contributed by atoms with E-state index in [2.05, 4.69) is 385 Å². The molecule has 8 nitrogen and oxygen atoms in total. The summed E-state index contributed by atoms with van der Waals surface area (Å²) in [4.78, 5) is 16.6. The minimum Gasteiger partial charge on any atom is -0.310 e. The average Bonchev–Trinajstić information content (AvgIpc) is 0.719. The zero-order chi connectivity index (χ0) is 99.2. The van der Waals surface area contributed by atoms with Crippen molar-refractivity contribution in [3.63, 3.8) is 0 Å². The van der Waals surface area contributed by atoms with Crippen LogP contribution in [0.2, 0.25) is 0 Å². The Labute approximate surface area is 847 Å². The lowest BCUT2D eigenvalue weighted by Gasteiger charge is -2.31. The third kappa shape index (κ3) is 17.6. The van der Waals surface area contributed by atoms with Crippen LogP contribution in [0.15, 0.2) is 473 Å². The Kier molecular flexibility index (Phi) is 23.8. The quantitative estimate of drug-likeness (QED) is 0.0559. The van der Waals surface area contributed by atoms with E-state index in [4.69, 9.17) is 13.1 Å². The van der Waals surface area contributed by atoms with Crippen molar-refractivity contribution >= 4 is 144 Å². The first-order chi connectivity index (χ1) is 71.6. The molecule has 10 heteroatoms. The maximum absolute atomic E-state index is 14.9. The Hall–Kier alpha value is -19.6. The van der Waals surface area contributed by atoms with Gasteiger partial charge in [-0.25, -0.2) is 18.5 Å². The van der Waals surface area contributed by atoms with E-state index in [0.29, 0.717) is 22.5 Å². The van der Waals surface area contributed by atoms with Crippen LogP contribution < -0.4 is 19.6 Å². The molecule has 0 heterocycles. The lowest BCUT2D eigenvalue weighted by molar-refractivity contribution is 0.627. The van der Waals surface area contributed by atoms with E-state index in [-0.39, 0.29) is 11.6 Å². The van der Waals surface area contributed by atoms with Crippen molar-refractivity contribution < 1.29 is 8.78 Å². The van der Waals surface area contributed by atoms with Gasteiger partial charge in [0, 0.05) is 67.0 Å². The van der Waals surface area contributed by atoms with Gasteiger partial charge in [0.2, 0.25) is 0 Å². The molecule has 0 saturated heterocycles. The molecule has 0 radical (unpaired) electrons. The third-order valence-electron chi connectivity index (χ3n) is 27.8. The second-order valence-electron chi connectivity index (χ2n) is 37.4. The van der Waals surface area contributed by atoms with Crippen molar-refractivity contribution in [3.05, 3.63) is 541 Å². The van der Waals surface area contributed by atoms with Crippen LogP contribution in [0.25, 0.3) is 163 Å². The van der Waals surface area contributed by atoms with Crippen LogP contribution in [0.5, 0.6) is 0 Å². The summed E-state index contributed by atoms with van der Waals surface area (Å²) in [5, 5.41) is 32.7. The number of nitriles is 2. The summed E-state index contributed by atoms with van der Waals surface area (Å²) in [6.07, 6.45) is 0. The molecule has 0 spiro atoms. The molecule has 24 rings (SSSR count). The summed E-state index contributed by atoms with van der Waals surface area (Å²) in [5.41, 5.74) is 35.3. The topological polar surface area (TPSA) is 69.3 Å². The molecule has 0 amide bonds. The van der Waals surface area contributed by atoms with Crippen LogP contribution in [0.3, 0.4) is 0 Å². The second-order valence-corrected chi connectivity index (χ2v) is 37.4. The minimum absolute atomic E-state index is 0.329. The highest BCUT2D eigenvalue weighted by atomic mass is 19.1. The summed E-state index contributed by atoms with van der Waals surface area (Å²) in [7, 11) is 0. The fourth-order valence-electron chi connectivity index (χ4n) is 21.1. The maximum Gasteiger partial charge on any atom is 0.187 e. The molecule has 0 atom stereocenters. The normalized spacial score (nSPS) is 11.2. The lowest BCUT2D eigenvalue weighted by Crippen LogP contribution is -2.12. The van der Waals surface area contributed by atoms with E-state index >= 15 is 0 Å². The van der Waals surface area contributed by atoms with Gasteiger partial charge in [-0.1, -0.05) is 279 Å². The summed E-state index contributed by atoms with van der Waals surface area (Å²) >= 11 is 0. The van der Waals surface area contributed by atoms with Crippen molar-refractivity contribution in [3.8, 4) is 101 Å². The van der Waals surface area contributed by atoms with Gasteiger partial charge in [-0.15, -0.1) is 0 Å². The molecule has 24 aromatic carbocycles. The first-order valence-corrected chi connectivity index (χ1v) is 48.7. The van der Waals surface area contributed by atoms with Gasteiger partial charge in [0.05, 0.1) is 59.2 Å². The smallest absolute Gasteiger partial charge is 0.187 e. The van der Waals surface area contributed by atoms with Gasteiger partial charge in [-0.3, -0.25) is 0 Å². The molecule has 0 aliphatic carbocycles. The molecule has 0 aromatic heterocycles. The molecule has 0 unspecified atom stereocenters. The Morgan fingerprint density at radius 2 is 0.404 bits per heavy atom. The Balaban J connectivity index is 0.000000161. The molecule has 0 aliphatic heterocycles. The van der Waals surface area contributed by atoms with Gasteiger partial charge in [0.1, 0.15) is 11.6 Å². The highest BCUT2D eigenvalue weighted by molar-refractivity contribution is 6.30. The molecule has 0 bridgehead atoms. The fourth-order valence-corrected chi connectivity index (χ4v) is 21.1. The number of benzene rings is 24. The van der Waals surface area contributed by atoms with Gasteiger partial charge in [-0.2, -0.15) is 10.5 Å². The predicted octanol–water partition coefficient (Wildman–Crippen LogP) is 38.7. The number of aryl methyl sites for hydroxylation is 4. The number of halogens is 2. The van der Waals surface area contributed by atoms with Crippen LogP contribution >= 0.6 is 0 Å². The number of hydrogen-bond donors (Lipinski definition) is 0. The summed E-state index contributed by atoms with van der Waals surface area (Å²) in [5.74, 6) is -0.660. The first-order valence-electron chi connectivity index (χ1n) is 48.7. The molecule has 0 N–H and O–H groups in total. The van der Waals surface area contributed by atoms with Crippen LogP contribution in [0, 0.1) is 75.1 Å². The monoisotopic (exact) mass is 1870 g/mol. The Morgan fingerprint density at radius 3 is 0.630 bits per heavy atom. The Morgan fingerprint density at radius 1 is 0.199 bits per heavy atom. The highest BCUT2D eigenvalue weighted by Gasteiger charge is 2.29. The van der Waals surface area contributed by atoms with Crippen molar-refractivity contribution in [2.24, 2.45) is 0 Å². The van der Waals surface area contributed by atoms with Gasteiger partial charge in [0.25, 0.3) is 0 Å². The van der Waals surface area contributed by atoms with Crippen LogP contribution in [0.1, 0.15) is 33.4 Å². The SMILES string of the molecule is [C-]#[N+]c1ccc(-c2cc(-c3ccccc3)cc(N(c3cc(C)cc(C)c3)c3ccc4ccc5c(N(c6cc(C)cc(C)c6)c6cc(-c7ccccc7)cc(-c7ccc(C#N)cc7)c6)ccc6ccc3c4c65)c2)cc1.[C-]#[N+]c1ccc(-c2cc(-c3ccccc3)cc(N(c3ccc(F)cc3)c3ccc4ccc5c(N(c6ccc(F)cc6)c6cc(-c7ccccc7)cc(-c7ccc(C#N)cc7)c6)ccc6ccc3c4c65)c2)cc1. The van der Waals surface area contributed by atoms with Crippen LogP contribution in [0.4, 0.5) is 88.4 Å². The number of nitrogens with zero attached hydrogens (tertiary/aromatic N) is 8. The molecule has 0 saturated carbocycles. The zero-order valence-electron chi connectivity index (χ0n) is 80.4. The van der Waals surface area contributed by atoms with Crippen molar-refractivity contribution in [2.75, 3.05) is 19.6 Å². The van der Waals surface area contributed by atoms with Gasteiger partial charge in [0.15, 0.2) is 11.4 Å². The summed E-state index contributed by atoms with van der Waals surface area (Å²) in [6, 6.07) is 167. The molecular weight excluding hydrogens is 1780 g/mol. The van der Waals surface area contributed by atoms with E-state index in [9.17, 15) is 19.3 Å². The van der Waals surface area contributed by atoms with Crippen LogP contribution in [-0.2, 0) is 0 Å². The lowest BCUT2D eigenvalue weighted by atomic mass is 9.91. The van der Waals surface area contributed by atoms with E-state index < -0.39 is 0 Å². The zero-order valence-corrected chi connectivity index (χ0v) is 80.4. The molecule has 146 heavy (non-hydrogen) atoms. The standard InChI is InChI=1S/C70H50N4.C66H40F2N4/c1-45-32-46(2)35-61(34-45)73(63-40-56(50-12-8-6-9-13-50)38-58(42-63)52-18-16-49(44-71)17-19-52)67-30-24-54-23-29-66-68(31-25-55-22-28-65(67)69(54)70(55)66)74(62-36-47(3)33-48(4)37-62)64-41-57(51-14-10-7-11-15-51)39-59(43-64)53-20-26-60(72-5)27-21-53;1-70-56-26-16-47(17-27-56)53-37-51(45-10-6-3-7-11-45)39-60(41-53)72(58-30-24-55(68)25-31-58)64-35-21-49-18-32-61-63(34-20-48-19-33-62(64)66(49)65(48)61)71(57-28-22-54(67)23-29-57)59-38-50(44-8-4-2-5-9-44)36-52(40-59)46-14-12-43(42-69)13-15-46/h6-43H,1-4H3;2-41H. The summed E-state index contributed by atoms with van der Waals surface area (Å²) in [6.45, 7) is 23.9. The van der Waals surface area contributed by atoms with E-state index in [1.807, 2.05) is 133 Å². The minimum atomic E-state index is -0.331. The maximum atomic E-state index is 14.9. The second kappa shape index (κ2) is 38.5. The van der Waals surface area contributed by atoms with Gasteiger partial charge in [-0.05, 0) is 376 Å². The highest BCUT2D eigenvalue weighted by Crippen LogP contribution is 2.54. The van der Waals surface area contributed by atoms with Crippen molar-refractivity contribution in [1.82, 2.24) is 0 Å². The summed E-state index contributed by atoms with van der Waals surface area (Å²) < 4.78 is 29.7. The molecule has 0 fully saturated rings. The van der Waals surface area contributed by atoms with E-state index in [1.54, 1.807) is 0 Å². The number of anilines is 12. The predicted molar refractivity (Wildman–Crippen MR) is 603 cm³/mol. The first kappa shape index (κ1) is 90.2. The van der Waals surface area contributed by atoms with Gasteiger partial charge >= 0.3 is 0 Å². The van der Waals surface area contributed by atoms with Crippen LogP contribution in [-0.4, -0.2) is 0 Å². The average molecular weight is 1870 g/mol. The van der Waals surface area contributed by atoms with E-state index in [0.717, 1.165) is 200 Å². The molecule has 688 valence electrons. The van der Waals surface area contributed by atoms with Crippen molar-refractivity contribution in [1.29, 1.82) is 10.5 Å². The number of hydrogen-bond acceptors (Lipinski definition) is 6. The molecule has 24 aromatic rings. The fraction of sp³-hybridized carbons (Fsp3) is 0.0294. The van der Waals surface area contributed by atoms with Gasteiger partial charge < -0.3 is 19.6 Å². The molecule has 0 aliphatic rings. The molecular formula is C136H90F2N8. The van der Waals surface area contributed by atoms with E-state index in [1.165, 1.54) is 68.1 Å².